The van der Waals surface area contributed by atoms with Crippen molar-refractivity contribution >= 4 is 10.8 Å². The van der Waals surface area contributed by atoms with Gasteiger partial charge < -0.3 is 0 Å². The molecule has 2 rings (SSSR count). The van der Waals surface area contributed by atoms with Gasteiger partial charge in [0.05, 0.1) is 5.48 Å². The first kappa shape index (κ1) is 2.75. The molecule has 0 atom stereocenters. The second-order valence-electron chi connectivity index (χ2n) is 1.99. The molecule has 48 valence electrons. The monoisotopic (exact) mass is 132 g/mol. The van der Waals surface area contributed by atoms with E-state index < -0.39 is 0 Å². The summed E-state index contributed by atoms with van der Waals surface area (Å²) in [6.07, 6.45) is 0. The van der Waals surface area contributed by atoms with Crippen molar-refractivity contribution < 1.29 is 5.48 Å². The fourth-order valence-corrected chi connectivity index (χ4v) is 0.872. The van der Waals surface area contributed by atoms with Gasteiger partial charge in [-0.2, -0.15) is 0 Å². The Balaban J connectivity index is 3.05. The lowest BCUT2D eigenvalue weighted by atomic mass is 10.1. The zero-order chi connectivity index (χ0) is 10.3. The Morgan fingerprint density at radius 1 is 0.700 bits per heavy atom. The Kier molecular flexibility index (Phi) is 0.589. The van der Waals surface area contributed by atoms with Gasteiger partial charge in [-0.05, 0) is 10.8 Å². The predicted molar refractivity (Wildman–Crippen MR) is 43.9 cm³/mol. The summed E-state index contributed by atoms with van der Waals surface area (Å²) >= 11 is 0. The SMILES string of the molecule is [2H]c1ccc([2H])c2c([2H])ccc([2H])c12. The molecule has 0 radical (unpaired) electrons. The number of hydrogen-bond acceptors (Lipinski definition) is 0. The average Bonchev–Trinajstić information content (AvgIpc) is 2.16. The lowest BCUT2D eigenvalue weighted by molar-refractivity contribution is 1.75. The number of fused-ring (bicyclic) bond motifs is 1. The molecule has 2 aromatic carbocycles. The van der Waals surface area contributed by atoms with Crippen LogP contribution in [0.3, 0.4) is 0 Å². The fraction of sp³-hybridized carbons (Fsp3) is 0. The largest absolute Gasteiger partial charge is 0.0629 e. The molecule has 0 aliphatic heterocycles. The molecule has 0 fully saturated rings. The minimum Gasteiger partial charge on any atom is -0.0616 e. The van der Waals surface area contributed by atoms with Crippen molar-refractivity contribution in [2.24, 2.45) is 0 Å². The predicted octanol–water partition coefficient (Wildman–Crippen LogP) is 2.84. The molecule has 2 aromatic rings. The Morgan fingerprint density at radius 3 is 1.30 bits per heavy atom. The average molecular weight is 132 g/mol. The van der Waals surface area contributed by atoms with E-state index in [1.165, 1.54) is 24.3 Å². The van der Waals surface area contributed by atoms with Crippen molar-refractivity contribution in [3.8, 4) is 0 Å². The summed E-state index contributed by atoms with van der Waals surface area (Å²) in [5, 5.41) is 0.787. The maximum absolute atomic E-state index is 7.61. The molecule has 0 unspecified atom stereocenters. The molecule has 0 N–H and O–H groups in total. The van der Waals surface area contributed by atoms with Crippen molar-refractivity contribution in [2.45, 2.75) is 0 Å². The van der Waals surface area contributed by atoms with E-state index in [2.05, 4.69) is 0 Å². The van der Waals surface area contributed by atoms with Crippen LogP contribution in [0.1, 0.15) is 5.48 Å². The van der Waals surface area contributed by atoms with Gasteiger partial charge in [-0.15, -0.1) is 0 Å². The molecule has 0 saturated heterocycles. The van der Waals surface area contributed by atoms with E-state index >= 15 is 0 Å². The van der Waals surface area contributed by atoms with Crippen LogP contribution in [0.2, 0.25) is 0 Å². The van der Waals surface area contributed by atoms with E-state index in [0.717, 1.165) is 0 Å². The quantitative estimate of drug-likeness (QED) is 0.517. The summed E-state index contributed by atoms with van der Waals surface area (Å²) in [7, 11) is 0. The first-order chi connectivity index (χ1) is 6.61. The molecule has 0 saturated carbocycles. The lowest BCUT2D eigenvalue weighted by Gasteiger charge is -1.92. The van der Waals surface area contributed by atoms with Gasteiger partial charge in [0.1, 0.15) is 0 Å². The highest BCUT2D eigenvalue weighted by Gasteiger charge is 1.85. The second kappa shape index (κ2) is 2.14. The fourth-order valence-electron chi connectivity index (χ4n) is 0.872. The highest BCUT2D eigenvalue weighted by atomic mass is 13.9. The molecular weight excluding hydrogens is 120 g/mol. The number of rotatable bonds is 0. The molecule has 10 heavy (non-hydrogen) atoms. The van der Waals surface area contributed by atoms with Gasteiger partial charge in [0.25, 0.3) is 0 Å². The molecule has 0 heterocycles. The highest BCUT2D eigenvalue weighted by molar-refractivity contribution is 5.81. The van der Waals surface area contributed by atoms with Crippen LogP contribution in [-0.4, -0.2) is 0 Å². The summed E-state index contributed by atoms with van der Waals surface area (Å²) < 4.78 is 30.4. The van der Waals surface area contributed by atoms with Crippen molar-refractivity contribution in [1.29, 1.82) is 0 Å². The van der Waals surface area contributed by atoms with Crippen LogP contribution >= 0.6 is 0 Å². The van der Waals surface area contributed by atoms with Crippen LogP contribution < -0.4 is 0 Å². The summed E-state index contributed by atoms with van der Waals surface area (Å²) in [4.78, 5) is 0. The first-order valence-corrected chi connectivity index (χ1v) is 3.07. The van der Waals surface area contributed by atoms with E-state index in [4.69, 9.17) is 5.48 Å². The van der Waals surface area contributed by atoms with Crippen LogP contribution in [0.5, 0.6) is 0 Å². The molecule has 0 aliphatic carbocycles. The maximum Gasteiger partial charge on any atom is 0.0629 e. The molecule has 0 nitrogen and oxygen atoms in total. The Morgan fingerprint density at radius 2 is 1.00 bits per heavy atom. The van der Waals surface area contributed by atoms with Gasteiger partial charge in [-0.3, -0.25) is 0 Å². The Bertz CT molecular complexity index is 416. The maximum atomic E-state index is 7.61. The second-order valence-corrected chi connectivity index (χ2v) is 1.99. The van der Waals surface area contributed by atoms with Crippen molar-refractivity contribution in [1.82, 2.24) is 0 Å². The molecular formula is C10H8. The summed E-state index contributed by atoms with van der Waals surface area (Å²) in [5.41, 5.74) is 0. The van der Waals surface area contributed by atoms with Crippen LogP contribution in [0.25, 0.3) is 10.8 Å². The molecule has 0 bridgehead atoms. The number of hydrogen-bond donors (Lipinski definition) is 0. The van der Waals surface area contributed by atoms with Crippen LogP contribution in [-0.2, 0) is 0 Å². The molecule has 0 spiro atoms. The van der Waals surface area contributed by atoms with Gasteiger partial charge >= 0.3 is 0 Å². The van der Waals surface area contributed by atoms with Crippen molar-refractivity contribution in [3.05, 3.63) is 48.4 Å². The van der Waals surface area contributed by atoms with E-state index in [1.807, 2.05) is 0 Å². The van der Waals surface area contributed by atoms with E-state index in [1.54, 1.807) is 0 Å². The van der Waals surface area contributed by atoms with E-state index in [9.17, 15) is 0 Å². The number of benzene rings is 2. The smallest absolute Gasteiger partial charge is 0.0616 e. The van der Waals surface area contributed by atoms with Crippen molar-refractivity contribution in [2.75, 3.05) is 0 Å². The Labute approximate surface area is 65.7 Å². The van der Waals surface area contributed by atoms with Gasteiger partial charge in [-0.1, -0.05) is 48.4 Å². The third kappa shape index (κ3) is 0.781. The lowest BCUT2D eigenvalue weighted by Crippen LogP contribution is -1.67. The van der Waals surface area contributed by atoms with Gasteiger partial charge in [0, 0.05) is 0 Å². The van der Waals surface area contributed by atoms with Gasteiger partial charge in [0.2, 0.25) is 0 Å². The van der Waals surface area contributed by atoms with E-state index in [-0.39, 0.29) is 24.2 Å². The van der Waals surface area contributed by atoms with Crippen molar-refractivity contribution in [3.63, 3.8) is 0 Å². The highest BCUT2D eigenvalue weighted by Crippen LogP contribution is 2.11. The Hall–Kier alpha value is -1.30. The van der Waals surface area contributed by atoms with Crippen LogP contribution in [0.15, 0.2) is 48.4 Å². The minimum absolute atomic E-state index is 0.204. The standard InChI is InChI=1S/C10H8/c1-2-6-10-8-4-3-7-9(10)5-1/h1-8H/i5D,6D,7D,8D. The summed E-state index contributed by atoms with van der Waals surface area (Å²) in [6.45, 7) is 0. The third-order valence-corrected chi connectivity index (χ3v) is 1.33. The van der Waals surface area contributed by atoms with Gasteiger partial charge in [0.15, 0.2) is 0 Å². The topological polar surface area (TPSA) is 0 Å². The first-order valence-electron chi connectivity index (χ1n) is 5.07. The normalized spacial score (nSPS) is 15.6. The summed E-state index contributed by atoms with van der Waals surface area (Å²) in [5.74, 6) is 0. The molecule has 0 heteroatoms. The van der Waals surface area contributed by atoms with E-state index in [0.29, 0.717) is 10.8 Å². The third-order valence-electron chi connectivity index (χ3n) is 1.33. The minimum atomic E-state index is 0.204. The van der Waals surface area contributed by atoms with Gasteiger partial charge in [-0.25, -0.2) is 0 Å². The van der Waals surface area contributed by atoms with Crippen LogP contribution in [0, 0.1) is 0 Å². The molecule has 0 aromatic heterocycles. The van der Waals surface area contributed by atoms with Crippen LogP contribution in [0.4, 0.5) is 0 Å². The zero-order valence-corrected chi connectivity index (χ0v) is 5.31. The molecule has 0 amide bonds. The molecule has 0 aliphatic rings. The zero-order valence-electron chi connectivity index (χ0n) is 9.31. The summed E-state index contributed by atoms with van der Waals surface area (Å²) in [6, 6.07) is 6.77.